The molecule has 0 unspecified atom stereocenters. The highest BCUT2D eigenvalue weighted by atomic mass is 16.8. The van der Waals surface area contributed by atoms with E-state index in [1.807, 2.05) is 20.8 Å². The van der Waals surface area contributed by atoms with Crippen LogP contribution in [0.5, 0.6) is 0 Å². The van der Waals surface area contributed by atoms with Gasteiger partial charge in [0.1, 0.15) is 11.2 Å². The second kappa shape index (κ2) is 7.82. The van der Waals surface area contributed by atoms with Gasteiger partial charge in [-0.25, -0.2) is 9.79 Å². The third-order valence-electron chi connectivity index (χ3n) is 2.43. The van der Waals surface area contributed by atoms with Crippen LogP contribution in [0.3, 0.4) is 0 Å². The molecular weight excluding hydrogens is 308 g/mol. The zero-order valence-corrected chi connectivity index (χ0v) is 15.0. The van der Waals surface area contributed by atoms with E-state index in [4.69, 9.17) is 19.5 Å². The molecule has 130 valence electrons. The van der Waals surface area contributed by atoms with Gasteiger partial charge in [-0.1, -0.05) is 12.1 Å². The van der Waals surface area contributed by atoms with E-state index in [0.717, 1.165) is 5.56 Å². The summed E-state index contributed by atoms with van der Waals surface area (Å²) in [5, 5.41) is 8.80. The van der Waals surface area contributed by atoms with Crippen molar-refractivity contribution in [3.63, 3.8) is 0 Å². The fraction of sp³-hybridized carbons (Fsp3) is 0.500. The highest BCUT2D eigenvalue weighted by molar-refractivity contribution is 5.80. The lowest BCUT2D eigenvalue weighted by molar-refractivity contribution is -0.00128. The second-order valence-corrected chi connectivity index (χ2v) is 7.17. The molecule has 0 atom stereocenters. The predicted molar refractivity (Wildman–Crippen MR) is 90.5 cm³/mol. The Kier molecular flexibility index (Phi) is 6.35. The minimum absolute atomic E-state index is 0.152. The molecule has 6 heteroatoms. The Bertz CT molecular complexity index is 629. The van der Waals surface area contributed by atoms with Gasteiger partial charge < -0.3 is 14.2 Å². The lowest BCUT2D eigenvalue weighted by Crippen LogP contribution is -2.30. The van der Waals surface area contributed by atoms with Crippen LogP contribution in [0.1, 0.15) is 52.7 Å². The number of rotatable bonds is 2. The van der Waals surface area contributed by atoms with Crippen molar-refractivity contribution in [1.29, 1.82) is 5.26 Å². The topological polar surface area (TPSA) is 80.9 Å². The number of hydrogen-bond acceptors (Lipinski definition) is 6. The first-order valence-electron chi connectivity index (χ1n) is 7.62. The molecule has 0 heterocycles. The lowest BCUT2D eigenvalue weighted by atomic mass is 10.1. The molecule has 0 N–H and O–H groups in total. The number of aliphatic imine (C=N–C) groups is 1. The van der Waals surface area contributed by atoms with Gasteiger partial charge in [0.2, 0.25) is 0 Å². The quantitative estimate of drug-likeness (QED) is 0.461. The van der Waals surface area contributed by atoms with Crippen LogP contribution >= 0.6 is 0 Å². The van der Waals surface area contributed by atoms with Gasteiger partial charge in [-0.3, -0.25) is 0 Å². The zero-order chi connectivity index (χ0) is 18.4. The third kappa shape index (κ3) is 8.18. The van der Waals surface area contributed by atoms with Gasteiger partial charge in [-0.2, -0.15) is 5.26 Å². The number of carbonyl (C=O) groups is 1. The molecule has 0 fully saturated rings. The maximum absolute atomic E-state index is 11.8. The van der Waals surface area contributed by atoms with Crippen LogP contribution in [0, 0.1) is 11.3 Å². The summed E-state index contributed by atoms with van der Waals surface area (Å²) < 4.78 is 15.8. The maximum Gasteiger partial charge on any atom is 0.517 e. The number of carbonyl (C=O) groups excluding carboxylic acids is 1. The molecule has 0 aliphatic rings. The Balaban J connectivity index is 2.83. The first kappa shape index (κ1) is 19.5. The molecule has 6 nitrogen and oxygen atoms in total. The van der Waals surface area contributed by atoms with E-state index in [1.165, 1.54) is 0 Å². The molecule has 0 amide bonds. The van der Waals surface area contributed by atoms with Gasteiger partial charge in [0, 0.05) is 0 Å². The van der Waals surface area contributed by atoms with E-state index in [0.29, 0.717) is 5.56 Å². The minimum atomic E-state index is -0.870. The number of nitriles is 1. The average molecular weight is 332 g/mol. The van der Waals surface area contributed by atoms with Gasteiger partial charge >= 0.3 is 12.2 Å². The van der Waals surface area contributed by atoms with Crippen molar-refractivity contribution in [3.05, 3.63) is 35.4 Å². The average Bonchev–Trinajstić information content (AvgIpc) is 2.41. The Morgan fingerprint density at radius 2 is 1.58 bits per heavy atom. The molecule has 0 aliphatic carbocycles. The summed E-state index contributed by atoms with van der Waals surface area (Å²) in [4.78, 5) is 16.0. The van der Waals surface area contributed by atoms with Crippen molar-refractivity contribution in [1.82, 2.24) is 0 Å². The van der Waals surface area contributed by atoms with Crippen molar-refractivity contribution in [2.75, 3.05) is 0 Å². The molecule has 0 spiro atoms. The first-order chi connectivity index (χ1) is 11.0. The van der Waals surface area contributed by atoms with E-state index in [-0.39, 0.29) is 12.6 Å². The Morgan fingerprint density at radius 3 is 2.04 bits per heavy atom. The van der Waals surface area contributed by atoms with Gasteiger partial charge in [0.05, 0.1) is 18.2 Å². The fourth-order valence-corrected chi connectivity index (χ4v) is 1.53. The Hall–Kier alpha value is -2.55. The Morgan fingerprint density at radius 1 is 1.04 bits per heavy atom. The second-order valence-electron chi connectivity index (χ2n) is 7.17. The summed E-state index contributed by atoms with van der Waals surface area (Å²) in [6, 6.07) is 9.01. The first-order valence-corrected chi connectivity index (χ1v) is 7.62. The molecule has 1 aromatic rings. The van der Waals surface area contributed by atoms with Crippen molar-refractivity contribution < 1.29 is 19.0 Å². The van der Waals surface area contributed by atoms with E-state index < -0.39 is 17.4 Å². The SMILES string of the molecule is CC(C)(C)OC(=O)OC(=NCc1ccc(C#N)cc1)OC(C)(C)C. The van der Waals surface area contributed by atoms with Crippen LogP contribution in [-0.4, -0.2) is 23.4 Å². The molecule has 0 saturated carbocycles. The summed E-state index contributed by atoms with van der Waals surface area (Å²) in [5.74, 6) is 0. The van der Waals surface area contributed by atoms with Crippen LogP contribution in [0.25, 0.3) is 0 Å². The van der Waals surface area contributed by atoms with Crippen molar-refractivity contribution in [2.24, 2.45) is 4.99 Å². The van der Waals surface area contributed by atoms with Gasteiger partial charge in [-0.15, -0.1) is 0 Å². The summed E-state index contributed by atoms with van der Waals surface area (Å²) in [5.41, 5.74) is 0.179. The predicted octanol–water partition coefficient (Wildman–Crippen LogP) is 4.18. The normalized spacial score (nSPS) is 12.3. The number of benzene rings is 1. The van der Waals surface area contributed by atoms with Crippen LogP contribution < -0.4 is 0 Å². The molecule has 1 aromatic carbocycles. The largest absolute Gasteiger partial charge is 0.517 e. The molecule has 0 bridgehead atoms. The van der Waals surface area contributed by atoms with Gasteiger partial charge in [-0.05, 0) is 59.2 Å². The third-order valence-corrected chi connectivity index (χ3v) is 2.43. The highest BCUT2D eigenvalue weighted by Crippen LogP contribution is 2.13. The highest BCUT2D eigenvalue weighted by Gasteiger charge is 2.23. The maximum atomic E-state index is 11.8. The van der Waals surface area contributed by atoms with Gasteiger partial charge in [0.25, 0.3) is 0 Å². The molecule has 0 radical (unpaired) electrons. The summed E-state index contributed by atoms with van der Waals surface area (Å²) in [6.45, 7) is 10.9. The number of hydrogen-bond donors (Lipinski definition) is 0. The monoisotopic (exact) mass is 332 g/mol. The van der Waals surface area contributed by atoms with E-state index in [2.05, 4.69) is 11.1 Å². The summed E-state index contributed by atoms with van der Waals surface area (Å²) >= 11 is 0. The van der Waals surface area contributed by atoms with Crippen molar-refractivity contribution >= 4 is 12.2 Å². The molecule has 0 saturated heterocycles. The van der Waals surface area contributed by atoms with E-state index in [9.17, 15) is 4.79 Å². The van der Waals surface area contributed by atoms with E-state index in [1.54, 1.807) is 45.0 Å². The Labute approximate surface area is 143 Å². The number of ether oxygens (including phenoxy) is 3. The molecule has 24 heavy (non-hydrogen) atoms. The van der Waals surface area contributed by atoms with Crippen LogP contribution in [0.2, 0.25) is 0 Å². The van der Waals surface area contributed by atoms with Gasteiger partial charge in [0.15, 0.2) is 0 Å². The van der Waals surface area contributed by atoms with Crippen LogP contribution in [0.4, 0.5) is 4.79 Å². The number of nitrogens with zero attached hydrogens (tertiary/aromatic N) is 2. The smallest absolute Gasteiger partial charge is 0.445 e. The molecule has 0 aliphatic heterocycles. The minimum Gasteiger partial charge on any atom is -0.445 e. The lowest BCUT2D eigenvalue weighted by Gasteiger charge is -2.23. The standard InChI is InChI=1S/C18H24N2O4/c1-17(2,3)23-15(22-16(21)24-18(4,5)6)20-12-14-9-7-13(11-19)8-10-14/h7-10H,12H2,1-6H3. The molecule has 0 aromatic heterocycles. The van der Waals surface area contributed by atoms with E-state index >= 15 is 0 Å². The van der Waals surface area contributed by atoms with Crippen LogP contribution in [-0.2, 0) is 20.8 Å². The van der Waals surface area contributed by atoms with Crippen molar-refractivity contribution in [2.45, 2.75) is 59.3 Å². The van der Waals surface area contributed by atoms with Crippen molar-refractivity contribution in [3.8, 4) is 6.07 Å². The molecule has 1 rings (SSSR count). The zero-order valence-electron chi connectivity index (χ0n) is 15.0. The molecular formula is C18H24N2O4. The van der Waals surface area contributed by atoms with Crippen LogP contribution in [0.15, 0.2) is 29.3 Å². The fourth-order valence-electron chi connectivity index (χ4n) is 1.53. The summed E-state index contributed by atoms with van der Waals surface area (Å²) in [7, 11) is 0. The summed E-state index contributed by atoms with van der Waals surface area (Å²) in [6.07, 6.45) is -1.02.